The van der Waals surface area contributed by atoms with Crippen molar-refractivity contribution in [3.05, 3.63) is 53.0 Å². The van der Waals surface area contributed by atoms with E-state index in [2.05, 4.69) is 15.1 Å². The van der Waals surface area contributed by atoms with Crippen LogP contribution >= 0.6 is 11.3 Å². The molecule has 3 aromatic heterocycles. The Kier molecular flexibility index (Phi) is 3.26. The van der Waals surface area contributed by atoms with Gasteiger partial charge in [0.1, 0.15) is 11.2 Å². The molecule has 0 saturated carbocycles. The maximum Gasteiger partial charge on any atom is 0.345 e. The summed E-state index contributed by atoms with van der Waals surface area (Å²) in [4.78, 5) is 20.0. The Bertz CT molecular complexity index is 736. The van der Waals surface area contributed by atoms with Gasteiger partial charge < -0.3 is 5.11 Å². The summed E-state index contributed by atoms with van der Waals surface area (Å²) in [6, 6.07) is 3.42. The zero-order valence-corrected chi connectivity index (χ0v) is 11.1. The van der Waals surface area contributed by atoms with Gasteiger partial charge in [0.25, 0.3) is 0 Å². The summed E-state index contributed by atoms with van der Waals surface area (Å²) in [7, 11) is 0. The van der Waals surface area contributed by atoms with E-state index >= 15 is 0 Å². The van der Waals surface area contributed by atoms with E-state index < -0.39 is 5.97 Å². The van der Waals surface area contributed by atoms with Crippen LogP contribution in [0.2, 0.25) is 0 Å². The molecule has 0 aliphatic rings. The summed E-state index contributed by atoms with van der Waals surface area (Å²) in [5.74, 6) is -0.899. The summed E-state index contributed by atoms with van der Waals surface area (Å²) >= 11 is 1.26. The molecule has 1 N–H and O–H groups in total. The number of aromatic nitrogens is 4. The van der Waals surface area contributed by atoms with Gasteiger partial charge in [0.05, 0.1) is 12.7 Å². The standard InChI is InChI=1S/C13H10N4O2S/c18-13(19)12-2-1-11(20-12)7-17-6-10(5-16-17)9-3-14-8-15-4-9/h1-6,8H,7H2,(H,18,19). The lowest BCUT2D eigenvalue weighted by atomic mass is 10.2. The number of carboxylic acid groups (broad SMARTS) is 1. The molecule has 0 aromatic carbocycles. The molecule has 0 radical (unpaired) electrons. The first kappa shape index (κ1) is 12.5. The van der Waals surface area contributed by atoms with Gasteiger partial charge in [-0.3, -0.25) is 4.68 Å². The number of aromatic carboxylic acids is 1. The van der Waals surface area contributed by atoms with Gasteiger partial charge in [0.2, 0.25) is 0 Å². The van der Waals surface area contributed by atoms with Crippen LogP contribution in [-0.2, 0) is 6.54 Å². The highest BCUT2D eigenvalue weighted by Gasteiger charge is 2.08. The maximum absolute atomic E-state index is 10.8. The SMILES string of the molecule is O=C(O)c1ccc(Cn2cc(-c3cncnc3)cn2)s1. The molecule has 0 fully saturated rings. The molecule has 3 rings (SSSR count). The third kappa shape index (κ3) is 2.57. The van der Waals surface area contributed by atoms with Crippen LogP contribution in [0.1, 0.15) is 14.5 Å². The van der Waals surface area contributed by atoms with E-state index in [1.807, 2.05) is 6.20 Å². The van der Waals surface area contributed by atoms with Gasteiger partial charge in [-0.1, -0.05) is 0 Å². The average molecular weight is 286 g/mol. The smallest absolute Gasteiger partial charge is 0.345 e. The van der Waals surface area contributed by atoms with Gasteiger partial charge in [-0.05, 0) is 12.1 Å². The number of nitrogens with zero attached hydrogens (tertiary/aromatic N) is 4. The highest BCUT2D eigenvalue weighted by Crippen LogP contribution is 2.20. The second-order valence-electron chi connectivity index (χ2n) is 4.12. The van der Waals surface area contributed by atoms with Crippen LogP contribution < -0.4 is 0 Å². The van der Waals surface area contributed by atoms with E-state index in [0.717, 1.165) is 16.0 Å². The van der Waals surface area contributed by atoms with E-state index in [1.165, 1.54) is 17.7 Å². The molecule has 0 atom stereocenters. The maximum atomic E-state index is 10.8. The fourth-order valence-corrected chi connectivity index (χ4v) is 2.62. The number of rotatable bonds is 4. The molecule has 6 nitrogen and oxygen atoms in total. The molecule has 0 aliphatic carbocycles. The zero-order valence-electron chi connectivity index (χ0n) is 10.3. The Labute approximate surface area is 118 Å². The highest BCUT2D eigenvalue weighted by molar-refractivity contribution is 7.13. The van der Waals surface area contributed by atoms with E-state index in [9.17, 15) is 4.79 Å². The van der Waals surface area contributed by atoms with E-state index in [1.54, 1.807) is 35.4 Å². The van der Waals surface area contributed by atoms with Crippen LogP contribution in [0.4, 0.5) is 0 Å². The Morgan fingerprint density at radius 1 is 1.20 bits per heavy atom. The largest absolute Gasteiger partial charge is 0.477 e. The summed E-state index contributed by atoms with van der Waals surface area (Å²) < 4.78 is 1.76. The third-order valence-corrected chi connectivity index (χ3v) is 3.78. The lowest BCUT2D eigenvalue weighted by Crippen LogP contribution is -1.97. The number of carbonyl (C=O) groups is 1. The highest BCUT2D eigenvalue weighted by atomic mass is 32.1. The first-order chi connectivity index (χ1) is 9.72. The second kappa shape index (κ2) is 5.22. The Morgan fingerprint density at radius 3 is 2.70 bits per heavy atom. The van der Waals surface area contributed by atoms with Crippen molar-refractivity contribution < 1.29 is 9.90 Å². The van der Waals surface area contributed by atoms with Crippen molar-refractivity contribution in [2.75, 3.05) is 0 Å². The van der Waals surface area contributed by atoms with Gasteiger partial charge in [-0.25, -0.2) is 14.8 Å². The van der Waals surface area contributed by atoms with Crippen molar-refractivity contribution in [3.63, 3.8) is 0 Å². The monoisotopic (exact) mass is 286 g/mol. The topological polar surface area (TPSA) is 80.9 Å². The fourth-order valence-electron chi connectivity index (χ4n) is 1.78. The minimum absolute atomic E-state index is 0.337. The number of hydrogen-bond donors (Lipinski definition) is 1. The quantitative estimate of drug-likeness (QED) is 0.794. The lowest BCUT2D eigenvalue weighted by molar-refractivity contribution is 0.0702. The molecule has 0 aliphatic heterocycles. The van der Waals surface area contributed by atoms with Crippen molar-refractivity contribution in [1.29, 1.82) is 0 Å². The van der Waals surface area contributed by atoms with Crippen LogP contribution in [0.15, 0.2) is 43.2 Å². The molecule has 0 saturated heterocycles. The van der Waals surface area contributed by atoms with Crippen LogP contribution in [0, 0.1) is 0 Å². The molecule has 0 spiro atoms. The van der Waals surface area contributed by atoms with Crippen LogP contribution in [0.3, 0.4) is 0 Å². The van der Waals surface area contributed by atoms with Crippen LogP contribution in [-0.4, -0.2) is 30.8 Å². The summed E-state index contributed by atoms with van der Waals surface area (Å²) in [6.45, 7) is 0.547. The van der Waals surface area contributed by atoms with Gasteiger partial charge in [-0.15, -0.1) is 11.3 Å². The third-order valence-electron chi connectivity index (χ3n) is 2.72. The summed E-state index contributed by atoms with van der Waals surface area (Å²) in [6.07, 6.45) is 8.56. The second-order valence-corrected chi connectivity index (χ2v) is 5.29. The predicted octanol–water partition coefficient (Wildman–Crippen LogP) is 2.15. The zero-order chi connectivity index (χ0) is 13.9. The first-order valence-corrected chi connectivity index (χ1v) is 6.64. The van der Waals surface area contributed by atoms with Gasteiger partial charge >= 0.3 is 5.97 Å². The number of hydrogen-bond acceptors (Lipinski definition) is 5. The Balaban J connectivity index is 1.78. The molecule has 100 valence electrons. The minimum atomic E-state index is -0.899. The summed E-state index contributed by atoms with van der Waals surface area (Å²) in [5, 5.41) is 13.2. The van der Waals surface area contributed by atoms with Crippen molar-refractivity contribution in [2.45, 2.75) is 6.54 Å². The first-order valence-electron chi connectivity index (χ1n) is 5.82. The van der Waals surface area contributed by atoms with Gasteiger partial charge in [0.15, 0.2) is 0 Å². The Morgan fingerprint density at radius 2 is 2.00 bits per heavy atom. The molecular formula is C13H10N4O2S. The van der Waals surface area contributed by atoms with Crippen molar-refractivity contribution in [3.8, 4) is 11.1 Å². The molecule has 7 heteroatoms. The lowest BCUT2D eigenvalue weighted by Gasteiger charge is -1.97. The molecule has 0 bridgehead atoms. The predicted molar refractivity (Wildman–Crippen MR) is 73.6 cm³/mol. The molecule has 0 amide bonds. The van der Waals surface area contributed by atoms with Crippen LogP contribution in [0.5, 0.6) is 0 Å². The van der Waals surface area contributed by atoms with Crippen molar-refractivity contribution >= 4 is 17.3 Å². The van der Waals surface area contributed by atoms with E-state index in [0.29, 0.717) is 11.4 Å². The fraction of sp³-hybridized carbons (Fsp3) is 0.0769. The van der Waals surface area contributed by atoms with Gasteiger partial charge in [0, 0.05) is 34.6 Å². The summed E-state index contributed by atoms with van der Waals surface area (Å²) in [5.41, 5.74) is 1.83. The number of carboxylic acids is 1. The Hall–Kier alpha value is -2.54. The molecular weight excluding hydrogens is 276 g/mol. The van der Waals surface area contributed by atoms with E-state index in [-0.39, 0.29) is 0 Å². The van der Waals surface area contributed by atoms with Crippen molar-refractivity contribution in [1.82, 2.24) is 19.7 Å². The average Bonchev–Trinajstić information content (AvgIpc) is 3.10. The minimum Gasteiger partial charge on any atom is -0.477 e. The normalized spacial score (nSPS) is 10.6. The van der Waals surface area contributed by atoms with Crippen LogP contribution in [0.25, 0.3) is 11.1 Å². The number of thiophene rings is 1. The van der Waals surface area contributed by atoms with Crippen molar-refractivity contribution in [2.24, 2.45) is 0 Å². The molecule has 0 unspecified atom stereocenters. The molecule has 3 heterocycles. The van der Waals surface area contributed by atoms with Gasteiger partial charge in [-0.2, -0.15) is 5.10 Å². The molecule has 20 heavy (non-hydrogen) atoms. The van der Waals surface area contributed by atoms with E-state index in [4.69, 9.17) is 5.11 Å². The molecule has 3 aromatic rings.